The van der Waals surface area contributed by atoms with Crippen molar-refractivity contribution in [3.63, 3.8) is 0 Å². The van der Waals surface area contributed by atoms with E-state index in [-0.39, 0.29) is 29.2 Å². The Morgan fingerprint density at radius 2 is 1.79 bits per heavy atom. The molecule has 0 spiro atoms. The SMILES string of the molecule is COc1cc(C(=O)NCCCCCC(=O)O)c([N+](=O)[O-])cc1OC. The molecule has 0 fully saturated rings. The van der Waals surface area contributed by atoms with Crippen molar-refractivity contribution < 1.29 is 29.1 Å². The highest BCUT2D eigenvalue weighted by atomic mass is 16.6. The standard InChI is InChI=1S/C15H20N2O7/c1-23-12-8-10(11(17(21)22)9-13(12)24-2)15(20)16-7-5-3-4-6-14(18)19/h8-9H,3-7H2,1-2H3,(H,16,20)(H,18,19). The quantitative estimate of drug-likeness (QED) is 0.378. The Morgan fingerprint density at radius 1 is 1.17 bits per heavy atom. The number of carboxylic acids is 1. The highest BCUT2D eigenvalue weighted by Crippen LogP contribution is 2.34. The molecule has 0 heterocycles. The third kappa shape index (κ3) is 5.41. The molecule has 1 amide bonds. The summed E-state index contributed by atoms with van der Waals surface area (Å²) in [4.78, 5) is 33.0. The highest BCUT2D eigenvalue weighted by Gasteiger charge is 2.24. The Morgan fingerprint density at radius 3 is 2.33 bits per heavy atom. The van der Waals surface area contributed by atoms with Crippen molar-refractivity contribution in [2.24, 2.45) is 0 Å². The summed E-state index contributed by atoms with van der Waals surface area (Å²) in [6.45, 7) is 0.296. The van der Waals surface area contributed by atoms with Gasteiger partial charge in [0.15, 0.2) is 11.5 Å². The number of carboxylic acid groups (broad SMARTS) is 1. The summed E-state index contributed by atoms with van der Waals surface area (Å²) in [7, 11) is 2.71. The van der Waals surface area contributed by atoms with Crippen molar-refractivity contribution in [2.45, 2.75) is 25.7 Å². The minimum absolute atomic E-state index is 0.0785. The number of hydrogen-bond donors (Lipinski definition) is 2. The molecule has 0 radical (unpaired) electrons. The monoisotopic (exact) mass is 340 g/mol. The second-order valence-electron chi connectivity index (χ2n) is 4.94. The van der Waals surface area contributed by atoms with Gasteiger partial charge in [-0.2, -0.15) is 0 Å². The van der Waals surface area contributed by atoms with Crippen LogP contribution >= 0.6 is 0 Å². The van der Waals surface area contributed by atoms with Crippen LogP contribution in [0.25, 0.3) is 0 Å². The number of nitro groups is 1. The molecular formula is C15H20N2O7. The van der Waals surface area contributed by atoms with Gasteiger partial charge < -0.3 is 19.9 Å². The van der Waals surface area contributed by atoms with Crippen LogP contribution in [0, 0.1) is 10.1 Å². The number of hydrogen-bond acceptors (Lipinski definition) is 6. The van der Waals surface area contributed by atoms with Gasteiger partial charge in [-0.3, -0.25) is 19.7 Å². The molecule has 0 saturated carbocycles. The van der Waals surface area contributed by atoms with Gasteiger partial charge in [0.25, 0.3) is 11.6 Å². The normalized spacial score (nSPS) is 10.1. The summed E-state index contributed by atoms with van der Waals surface area (Å²) in [5.41, 5.74) is -0.501. The van der Waals surface area contributed by atoms with Crippen LogP contribution in [0.2, 0.25) is 0 Å². The minimum Gasteiger partial charge on any atom is -0.493 e. The lowest BCUT2D eigenvalue weighted by Gasteiger charge is -2.11. The molecule has 0 unspecified atom stereocenters. The predicted molar refractivity (Wildman–Crippen MR) is 84.6 cm³/mol. The number of ether oxygens (including phenoxy) is 2. The van der Waals surface area contributed by atoms with Gasteiger partial charge in [-0.15, -0.1) is 0 Å². The molecule has 1 rings (SSSR count). The van der Waals surface area contributed by atoms with Crippen LogP contribution in [0.4, 0.5) is 5.69 Å². The third-order valence-electron chi connectivity index (χ3n) is 3.30. The van der Waals surface area contributed by atoms with Crippen molar-refractivity contribution in [3.8, 4) is 11.5 Å². The van der Waals surface area contributed by atoms with Crippen molar-refractivity contribution in [3.05, 3.63) is 27.8 Å². The van der Waals surface area contributed by atoms with E-state index in [1.165, 1.54) is 20.3 Å². The molecule has 1 aromatic carbocycles. The maximum atomic E-state index is 12.2. The molecule has 0 atom stereocenters. The van der Waals surface area contributed by atoms with Crippen LogP contribution in [0.1, 0.15) is 36.0 Å². The van der Waals surface area contributed by atoms with E-state index in [0.29, 0.717) is 25.8 Å². The summed E-state index contributed by atoms with van der Waals surface area (Å²) in [6, 6.07) is 2.40. The first kappa shape index (κ1) is 19.2. The van der Waals surface area contributed by atoms with Crippen LogP contribution in [0.15, 0.2) is 12.1 Å². The van der Waals surface area contributed by atoms with Crippen molar-refractivity contribution in [2.75, 3.05) is 20.8 Å². The van der Waals surface area contributed by atoms with Gasteiger partial charge in [-0.05, 0) is 12.8 Å². The number of nitrogens with zero attached hydrogens (tertiary/aromatic N) is 1. The maximum absolute atomic E-state index is 12.2. The molecule has 0 aromatic heterocycles. The topological polar surface area (TPSA) is 128 Å². The molecule has 24 heavy (non-hydrogen) atoms. The molecule has 9 nitrogen and oxygen atoms in total. The number of methoxy groups -OCH3 is 2. The van der Waals surface area contributed by atoms with Crippen LogP contribution < -0.4 is 14.8 Å². The third-order valence-corrected chi connectivity index (χ3v) is 3.30. The summed E-state index contributed by atoms with van der Waals surface area (Å²) in [5, 5.41) is 22.3. The number of benzene rings is 1. The second kappa shape index (κ2) is 9.33. The van der Waals surface area contributed by atoms with Gasteiger partial charge in [0.2, 0.25) is 0 Å². The fourth-order valence-electron chi connectivity index (χ4n) is 2.08. The number of rotatable bonds is 10. The molecule has 2 N–H and O–H groups in total. The van der Waals surface area contributed by atoms with Crippen LogP contribution in [0.3, 0.4) is 0 Å². The van der Waals surface area contributed by atoms with E-state index in [2.05, 4.69) is 5.32 Å². The van der Waals surface area contributed by atoms with Gasteiger partial charge in [0.1, 0.15) is 5.56 Å². The van der Waals surface area contributed by atoms with Gasteiger partial charge in [-0.1, -0.05) is 6.42 Å². The zero-order valence-electron chi connectivity index (χ0n) is 13.5. The number of amides is 1. The van der Waals surface area contributed by atoms with Gasteiger partial charge in [-0.25, -0.2) is 0 Å². The summed E-state index contributed by atoms with van der Waals surface area (Å²) >= 11 is 0. The molecule has 0 saturated heterocycles. The van der Waals surface area contributed by atoms with Crippen LogP contribution in [-0.4, -0.2) is 42.7 Å². The Hall–Kier alpha value is -2.84. The number of unbranched alkanes of at least 4 members (excludes halogenated alkanes) is 2. The first-order valence-corrected chi connectivity index (χ1v) is 7.31. The fourth-order valence-corrected chi connectivity index (χ4v) is 2.08. The molecule has 0 bridgehead atoms. The van der Waals surface area contributed by atoms with E-state index in [4.69, 9.17) is 14.6 Å². The first-order valence-electron chi connectivity index (χ1n) is 7.31. The molecule has 1 aromatic rings. The fraction of sp³-hybridized carbons (Fsp3) is 0.467. The number of carbonyl (C=O) groups excluding carboxylic acids is 1. The molecule has 0 aliphatic carbocycles. The Labute approximate surface area is 138 Å². The summed E-state index contributed by atoms with van der Waals surface area (Å²) < 4.78 is 10.1. The smallest absolute Gasteiger partial charge is 0.303 e. The lowest BCUT2D eigenvalue weighted by atomic mass is 10.1. The molecule has 0 aliphatic heterocycles. The zero-order valence-corrected chi connectivity index (χ0v) is 13.5. The minimum atomic E-state index is -0.861. The largest absolute Gasteiger partial charge is 0.493 e. The van der Waals surface area contributed by atoms with Crippen molar-refractivity contribution in [1.29, 1.82) is 0 Å². The second-order valence-corrected chi connectivity index (χ2v) is 4.94. The highest BCUT2D eigenvalue weighted by molar-refractivity contribution is 5.99. The van der Waals surface area contributed by atoms with E-state index < -0.39 is 16.8 Å². The number of carbonyl (C=O) groups is 2. The van der Waals surface area contributed by atoms with Crippen LogP contribution in [0.5, 0.6) is 11.5 Å². The summed E-state index contributed by atoms with van der Waals surface area (Å²) in [6.07, 6.45) is 1.82. The van der Waals surface area contributed by atoms with Crippen molar-refractivity contribution in [1.82, 2.24) is 5.32 Å². The average Bonchev–Trinajstić information content (AvgIpc) is 2.55. The number of nitro benzene ring substituents is 1. The number of aliphatic carboxylic acids is 1. The Kier molecular flexibility index (Phi) is 7.47. The van der Waals surface area contributed by atoms with E-state index in [1.54, 1.807) is 0 Å². The summed E-state index contributed by atoms with van der Waals surface area (Å²) in [5.74, 6) is -1.08. The van der Waals surface area contributed by atoms with E-state index in [1.807, 2.05) is 0 Å². The maximum Gasteiger partial charge on any atom is 0.303 e. The predicted octanol–water partition coefficient (Wildman–Crippen LogP) is 1.99. The van der Waals surface area contributed by atoms with Gasteiger partial charge >= 0.3 is 5.97 Å². The first-order chi connectivity index (χ1) is 11.4. The number of nitrogens with one attached hydrogen (secondary N) is 1. The van der Waals surface area contributed by atoms with E-state index in [0.717, 1.165) is 6.07 Å². The zero-order chi connectivity index (χ0) is 18.1. The lowest BCUT2D eigenvalue weighted by molar-refractivity contribution is -0.385. The van der Waals surface area contributed by atoms with E-state index in [9.17, 15) is 19.7 Å². The molecular weight excluding hydrogens is 320 g/mol. The van der Waals surface area contributed by atoms with Gasteiger partial charge in [0.05, 0.1) is 25.2 Å². The molecule has 9 heteroatoms. The van der Waals surface area contributed by atoms with Crippen molar-refractivity contribution >= 4 is 17.6 Å². The Balaban J connectivity index is 2.75. The van der Waals surface area contributed by atoms with E-state index >= 15 is 0 Å². The average molecular weight is 340 g/mol. The van der Waals surface area contributed by atoms with Gasteiger partial charge in [0, 0.05) is 19.0 Å². The molecule has 132 valence electrons. The molecule has 0 aliphatic rings. The Bertz CT molecular complexity index is 616. The lowest BCUT2D eigenvalue weighted by Crippen LogP contribution is -2.25. The van der Waals surface area contributed by atoms with Crippen LogP contribution in [-0.2, 0) is 4.79 Å².